The Hall–Kier alpha value is -3.47. The Morgan fingerprint density at radius 3 is 2.41 bits per heavy atom. The summed E-state index contributed by atoms with van der Waals surface area (Å²) in [5.74, 6) is 1.56. The molecule has 0 heterocycles. The largest absolute Gasteiger partial charge is 0.507 e. The number of benzene rings is 3. The number of phenols is 1. The average Bonchev–Trinajstić information content (AvgIpc) is 2.85. The molecule has 0 saturated carbocycles. The molecule has 0 fully saturated rings. The summed E-state index contributed by atoms with van der Waals surface area (Å²) in [5.41, 5.74) is 3.34. The van der Waals surface area contributed by atoms with Gasteiger partial charge in [-0.15, -0.1) is 6.58 Å². The Morgan fingerprint density at radius 1 is 1.00 bits per heavy atom. The van der Waals surface area contributed by atoms with Crippen LogP contribution >= 0.6 is 0 Å². The zero-order chi connectivity index (χ0) is 24.7. The van der Waals surface area contributed by atoms with Crippen molar-refractivity contribution in [3.05, 3.63) is 66.2 Å². The Kier molecular flexibility index (Phi) is 8.58. The summed E-state index contributed by atoms with van der Waals surface area (Å²) in [7, 11) is 3.27. The number of hydrogen-bond acceptors (Lipinski definition) is 5. The number of methoxy groups -OCH3 is 2. The molecule has 1 atom stereocenters. The molecule has 3 rings (SSSR count). The fraction of sp³-hybridized carbons (Fsp3) is 0.345. The van der Waals surface area contributed by atoms with Crippen molar-refractivity contribution in [1.82, 2.24) is 0 Å². The van der Waals surface area contributed by atoms with E-state index in [4.69, 9.17) is 14.2 Å². The van der Waals surface area contributed by atoms with Crippen LogP contribution in [0.1, 0.15) is 49.0 Å². The second-order valence-corrected chi connectivity index (χ2v) is 8.35. The molecule has 0 radical (unpaired) electrons. The number of ether oxygens (including phenoxy) is 3. The van der Waals surface area contributed by atoms with Crippen molar-refractivity contribution in [1.29, 1.82) is 0 Å². The molecule has 0 amide bonds. The van der Waals surface area contributed by atoms with Crippen molar-refractivity contribution >= 4 is 16.7 Å². The van der Waals surface area contributed by atoms with Crippen LogP contribution in [0.25, 0.3) is 21.9 Å². The van der Waals surface area contributed by atoms with E-state index in [1.165, 1.54) is 6.07 Å². The van der Waals surface area contributed by atoms with Crippen LogP contribution in [0.5, 0.6) is 17.2 Å². The van der Waals surface area contributed by atoms with Crippen LogP contribution in [0.2, 0.25) is 0 Å². The van der Waals surface area contributed by atoms with E-state index >= 15 is 0 Å². The van der Waals surface area contributed by atoms with Gasteiger partial charge in [-0.3, -0.25) is 0 Å². The molecular formula is C29H34O5. The second-order valence-electron chi connectivity index (χ2n) is 8.35. The van der Waals surface area contributed by atoms with E-state index < -0.39 is 5.97 Å². The quantitative estimate of drug-likeness (QED) is 0.247. The Labute approximate surface area is 202 Å². The van der Waals surface area contributed by atoms with E-state index in [9.17, 15) is 9.90 Å². The third-order valence-corrected chi connectivity index (χ3v) is 6.25. The zero-order valence-electron chi connectivity index (χ0n) is 20.5. The molecular weight excluding hydrogens is 428 g/mol. The lowest BCUT2D eigenvalue weighted by Crippen LogP contribution is -2.04. The Morgan fingerprint density at radius 2 is 1.76 bits per heavy atom. The molecule has 1 unspecified atom stereocenters. The number of aryl methyl sites for hydroxylation is 1. The molecule has 34 heavy (non-hydrogen) atoms. The highest BCUT2D eigenvalue weighted by molar-refractivity contribution is 6.02. The summed E-state index contributed by atoms with van der Waals surface area (Å²) in [6, 6.07) is 13.1. The van der Waals surface area contributed by atoms with Crippen molar-refractivity contribution in [2.75, 3.05) is 20.8 Å². The van der Waals surface area contributed by atoms with Crippen molar-refractivity contribution in [2.24, 2.45) is 5.92 Å². The van der Waals surface area contributed by atoms with Gasteiger partial charge in [0.1, 0.15) is 17.2 Å². The van der Waals surface area contributed by atoms with Gasteiger partial charge in [-0.25, -0.2) is 4.79 Å². The summed E-state index contributed by atoms with van der Waals surface area (Å²) >= 11 is 0. The SMILES string of the molecule is C=CCC(CC)CCc1cc(-c2cc(OC)c3cc(C(=O)OCC)cc(O)c3c2)ccc1OC. The van der Waals surface area contributed by atoms with Gasteiger partial charge < -0.3 is 19.3 Å². The summed E-state index contributed by atoms with van der Waals surface area (Å²) < 4.78 is 16.3. The first-order valence-corrected chi connectivity index (χ1v) is 11.8. The molecule has 0 aliphatic carbocycles. The first-order valence-electron chi connectivity index (χ1n) is 11.8. The van der Waals surface area contributed by atoms with Crippen molar-refractivity contribution in [3.8, 4) is 28.4 Å². The van der Waals surface area contributed by atoms with Crippen LogP contribution in [0, 0.1) is 5.92 Å². The van der Waals surface area contributed by atoms with Gasteiger partial charge >= 0.3 is 5.97 Å². The van der Waals surface area contributed by atoms with E-state index in [2.05, 4.69) is 19.6 Å². The van der Waals surface area contributed by atoms with Crippen molar-refractivity contribution in [3.63, 3.8) is 0 Å². The van der Waals surface area contributed by atoms with Gasteiger partial charge in [0.15, 0.2) is 0 Å². The van der Waals surface area contributed by atoms with E-state index in [-0.39, 0.29) is 17.9 Å². The molecule has 0 saturated heterocycles. The molecule has 5 heteroatoms. The molecule has 5 nitrogen and oxygen atoms in total. The Bertz CT molecular complexity index is 1160. The molecule has 0 bridgehead atoms. The molecule has 0 aliphatic rings. The fourth-order valence-electron chi connectivity index (χ4n) is 4.31. The summed E-state index contributed by atoms with van der Waals surface area (Å²) in [6.45, 7) is 8.10. The molecule has 3 aromatic rings. The molecule has 3 aromatic carbocycles. The number of rotatable bonds is 11. The summed E-state index contributed by atoms with van der Waals surface area (Å²) in [6.07, 6.45) is 6.07. The van der Waals surface area contributed by atoms with Crippen LogP contribution in [-0.4, -0.2) is 31.9 Å². The van der Waals surface area contributed by atoms with Crippen LogP contribution in [0.15, 0.2) is 55.1 Å². The van der Waals surface area contributed by atoms with Crippen LogP contribution in [0.3, 0.4) is 0 Å². The minimum absolute atomic E-state index is 0.00431. The first kappa shape index (κ1) is 25.2. The predicted molar refractivity (Wildman–Crippen MR) is 137 cm³/mol. The van der Waals surface area contributed by atoms with Gasteiger partial charge in [-0.1, -0.05) is 25.5 Å². The number of aromatic hydroxyl groups is 1. The zero-order valence-corrected chi connectivity index (χ0v) is 20.5. The topological polar surface area (TPSA) is 65.0 Å². The van der Waals surface area contributed by atoms with E-state index in [1.807, 2.05) is 30.3 Å². The van der Waals surface area contributed by atoms with E-state index in [1.54, 1.807) is 27.2 Å². The number of hydrogen-bond donors (Lipinski definition) is 1. The maximum atomic E-state index is 12.2. The lowest BCUT2D eigenvalue weighted by atomic mass is 9.92. The summed E-state index contributed by atoms with van der Waals surface area (Å²) in [5, 5.41) is 12.0. The second kappa shape index (κ2) is 11.6. The molecule has 0 aliphatic heterocycles. The Balaban J connectivity index is 2.04. The first-order chi connectivity index (χ1) is 16.4. The van der Waals surface area contributed by atoms with Gasteiger partial charge in [-0.05, 0) is 85.2 Å². The third kappa shape index (κ3) is 5.53. The lowest BCUT2D eigenvalue weighted by Gasteiger charge is -2.16. The van der Waals surface area contributed by atoms with Crippen LogP contribution in [0.4, 0.5) is 0 Å². The minimum Gasteiger partial charge on any atom is -0.507 e. The van der Waals surface area contributed by atoms with Gasteiger partial charge in [0, 0.05) is 10.8 Å². The van der Waals surface area contributed by atoms with Gasteiger partial charge in [0.25, 0.3) is 0 Å². The number of carbonyl (C=O) groups is 1. The molecule has 0 spiro atoms. The van der Waals surface area contributed by atoms with Crippen LogP contribution < -0.4 is 9.47 Å². The monoisotopic (exact) mass is 462 g/mol. The number of fused-ring (bicyclic) bond motifs is 1. The summed E-state index contributed by atoms with van der Waals surface area (Å²) in [4.78, 5) is 12.2. The highest BCUT2D eigenvalue weighted by atomic mass is 16.5. The van der Waals surface area contributed by atoms with Crippen molar-refractivity contribution in [2.45, 2.75) is 39.5 Å². The highest BCUT2D eigenvalue weighted by Gasteiger charge is 2.16. The number of esters is 1. The lowest BCUT2D eigenvalue weighted by molar-refractivity contribution is 0.0526. The smallest absolute Gasteiger partial charge is 0.338 e. The van der Waals surface area contributed by atoms with E-state index in [0.717, 1.165) is 48.1 Å². The highest BCUT2D eigenvalue weighted by Crippen LogP contribution is 2.39. The maximum absolute atomic E-state index is 12.2. The predicted octanol–water partition coefficient (Wildman–Crippen LogP) is 6.94. The number of phenolic OH excluding ortho intramolecular Hbond substituents is 1. The van der Waals surface area contributed by atoms with Crippen molar-refractivity contribution < 1.29 is 24.1 Å². The maximum Gasteiger partial charge on any atom is 0.338 e. The van der Waals surface area contributed by atoms with Gasteiger partial charge in [0.05, 0.1) is 26.4 Å². The minimum atomic E-state index is -0.479. The number of allylic oxidation sites excluding steroid dienone is 1. The normalized spacial score (nSPS) is 11.8. The average molecular weight is 463 g/mol. The fourth-order valence-corrected chi connectivity index (χ4v) is 4.31. The molecule has 180 valence electrons. The third-order valence-electron chi connectivity index (χ3n) is 6.25. The molecule has 1 N–H and O–H groups in total. The van der Waals surface area contributed by atoms with Gasteiger partial charge in [0.2, 0.25) is 0 Å². The van der Waals surface area contributed by atoms with Crippen LogP contribution in [-0.2, 0) is 11.2 Å². The van der Waals surface area contributed by atoms with Gasteiger partial charge in [-0.2, -0.15) is 0 Å². The number of carbonyl (C=O) groups excluding carboxylic acids is 1. The standard InChI is InChI=1S/C29H34O5/c1-6-9-19(7-2)10-11-21-14-20(12-13-27(21)32-4)22-15-24-25(28(18-22)33-5)16-23(17-26(24)30)29(31)34-8-3/h6,12-19,30H,1,7-11H2,2-5H3. The molecule has 0 aromatic heterocycles. The van der Waals surface area contributed by atoms with E-state index in [0.29, 0.717) is 22.4 Å².